The minimum absolute atomic E-state index is 0.337. The fourth-order valence-electron chi connectivity index (χ4n) is 1.52. The number of para-hydroxylation sites is 1. The summed E-state index contributed by atoms with van der Waals surface area (Å²) in [5, 5.41) is 12.5. The number of nitrogens with one attached hydrogen (secondary N) is 1. The maximum atomic E-state index is 9.23. The number of hydrogen-bond acceptors (Lipinski definition) is 3. The average Bonchev–Trinajstić information content (AvgIpc) is 2.24. The van der Waals surface area contributed by atoms with E-state index in [2.05, 4.69) is 12.2 Å². The molecule has 0 radical (unpaired) electrons. The SMILES string of the molecule is CCNCc1cccc(C)c1OCC(C)O. The molecular formula is C13H21NO2. The predicted molar refractivity (Wildman–Crippen MR) is 65.7 cm³/mol. The van der Waals surface area contributed by atoms with Crippen LogP contribution in [-0.2, 0) is 6.54 Å². The Morgan fingerprint density at radius 2 is 2.19 bits per heavy atom. The van der Waals surface area contributed by atoms with Crippen LogP contribution < -0.4 is 10.1 Å². The zero-order valence-electron chi connectivity index (χ0n) is 10.3. The molecule has 0 fully saturated rings. The van der Waals surface area contributed by atoms with Crippen LogP contribution in [0.2, 0.25) is 0 Å². The summed E-state index contributed by atoms with van der Waals surface area (Å²) < 4.78 is 5.64. The Balaban J connectivity index is 2.77. The molecule has 0 saturated heterocycles. The lowest BCUT2D eigenvalue weighted by molar-refractivity contribution is 0.121. The molecule has 0 heterocycles. The van der Waals surface area contributed by atoms with Crippen molar-refractivity contribution in [1.82, 2.24) is 5.32 Å². The summed E-state index contributed by atoms with van der Waals surface area (Å²) in [6, 6.07) is 6.09. The van der Waals surface area contributed by atoms with E-state index in [1.54, 1.807) is 6.92 Å². The van der Waals surface area contributed by atoms with Gasteiger partial charge >= 0.3 is 0 Å². The summed E-state index contributed by atoms with van der Waals surface area (Å²) in [7, 11) is 0. The summed E-state index contributed by atoms with van der Waals surface area (Å²) >= 11 is 0. The van der Waals surface area contributed by atoms with Crippen molar-refractivity contribution < 1.29 is 9.84 Å². The van der Waals surface area contributed by atoms with Crippen LogP contribution in [-0.4, -0.2) is 24.4 Å². The molecule has 0 spiro atoms. The van der Waals surface area contributed by atoms with Crippen LogP contribution in [0.5, 0.6) is 5.75 Å². The van der Waals surface area contributed by atoms with Gasteiger partial charge in [-0.1, -0.05) is 25.1 Å². The Morgan fingerprint density at radius 3 is 2.81 bits per heavy atom. The Kier molecular flexibility index (Phi) is 5.29. The highest BCUT2D eigenvalue weighted by atomic mass is 16.5. The van der Waals surface area contributed by atoms with Gasteiger partial charge in [-0.2, -0.15) is 0 Å². The number of aliphatic hydroxyl groups excluding tert-OH is 1. The number of hydrogen-bond donors (Lipinski definition) is 2. The van der Waals surface area contributed by atoms with Gasteiger partial charge in [-0.05, 0) is 26.0 Å². The summed E-state index contributed by atoms with van der Waals surface area (Å²) in [5.41, 5.74) is 2.25. The van der Waals surface area contributed by atoms with Crippen molar-refractivity contribution in [3.8, 4) is 5.75 Å². The monoisotopic (exact) mass is 223 g/mol. The standard InChI is InChI=1S/C13H21NO2/c1-4-14-8-12-7-5-6-10(2)13(12)16-9-11(3)15/h5-7,11,14-15H,4,8-9H2,1-3H3. The van der Waals surface area contributed by atoms with Gasteiger partial charge in [-0.25, -0.2) is 0 Å². The molecule has 0 aliphatic carbocycles. The van der Waals surface area contributed by atoms with Gasteiger partial charge in [-0.3, -0.25) is 0 Å². The molecular weight excluding hydrogens is 202 g/mol. The van der Waals surface area contributed by atoms with E-state index in [0.717, 1.165) is 30.0 Å². The third-order valence-corrected chi connectivity index (χ3v) is 2.33. The van der Waals surface area contributed by atoms with Gasteiger partial charge in [0.1, 0.15) is 12.4 Å². The molecule has 1 unspecified atom stereocenters. The van der Waals surface area contributed by atoms with E-state index in [1.165, 1.54) is 0 Å². The second-order valence-corrected chi connectivity index (χ2v) is 4.00. The Morgan fingerprint density at radius 1 is 1.44 bits per heavy atom. The van der Waals surface area contributed by atoms with Crippen molar-refractivity contribution in [1.29, 1.82) is 0 Å². The zero-order valence-corrected chi connectivity index (χ0v) is 10.3. The number of aryl methyl sites for hydroxylation is 1. The van der Waals surface area contributed by atoms with Crippen molar-refractivity contribution in [2.45, 2.75) is 33.4 Å². The van der Waals surface area contributed by atoms with Crippen molar-refractivity contribution in [3.05, 3.63) is 29.3 Å². The molecule has 0 aliphatic heterocycles. The molecule has 1 atom stereocenters. The normalized spacial score (nSPS) is 12.5. The summed E-state index contributed by atoms with van der Waals surface area (Å²) in [6.45, 7) is 7.89. The third kappa shape index (κ3) is 3.83. The van der Waals surface area contributed by atoms with Gasteiger partial charge in [-0.15, -0.1) is 0 Å². The topological polar surface area (TPSA) is 41.5 Å². The number of benzene rings is 1. The first-order chi connectivity index (χ1) is 7.65. The van der Waals surface area contributed by atoms with Crippen LogP contribution in [0.4, 0.5) is 0 Å². The lowest BCUT2D eigenvalue weighted by Crippen LogP contribution is -2.17. The van der Waals surface area contributed by atoms with Gasteiger partial charge in [0, 0.05) is 12.1 Å². The number of rotatable bonds is 6. The number of aliphatic hydroxyl groups is 1. The fraction of sp³-hybridized carbons (Fsp3) is 0.538. The molecule has 0 amide bonds. The van der Waals surface area contributed by atoms with Crippen LogP contribution in [0.25, 0.3) is 0 Å². The predicted octanol–water partition coefficient (Wildman–Crippen LogP) is 1.86. The molecule has 3 nitrogen and oxygen atoms in total. The second kappa shape index (κ2) is 6.51. The Bertz CT molecular complexity index is 324. The summed E-state index contributed by atoms with van der Waals surface area (Å²) in [4.78, 5) is 0. The van der Waals surface area contributed by atoms with Crippen molar-refractivity contribution in [2.24, 2.45) is 0 Å². The van der Waals surface area contributed by atoms with E-state index in [1.807, 2.05) is 25.1 Å². The molecule has 0 aromatic heterocycles. The first-order valence-corrected chi connectivity index (χ1v) is 5.75. The maximum Gasteiger partial charge on any atom is 0.126 e. The lowest BCUT2D eigenvalue weighted by Gasteiger charge is -2.15. The summed E-state index contributed by atoms with van der Waals surface area (Å²) in [6.07, 6.45) is -0.438. The average molecular weight is 223 g/mol. The van der Waals surface area contributed by atoms with E-state index in [9.17, 15) is 5.11 Å². The van der Waals surface area contributed by atoms with Crippen molar-refractivity contribution in [2.75, 3.05) is 13.2 Å². The minimum atomic E-state index is -0.438. The molecule has 1 aromatic carbocycles. The van der Waals surface area contributed by atoms with Crippen LogP contribution in [0.3, 0.4) is 0 Å². The number of ether oxygens (including phenoxy) is 1. The molecule has 1 aromatic rings. The quantitative estimate of drug-likeness (QED) is 0.773. The van der Waals surface area contributed by atoms with Gasteiger partial charge in [0.2, 0.25) is 0 Å². The fourth-order valence-corrected chi connectivity index (χ4v) is 1.52. The first kappa shape index (κ1) is 13.0. The maximum absolute atomic E-state index is 9.23. The highest BCUT2D eigenvalue weighted by molar-refractivity contribution is 5.40. The molecule has 90 valence electrons. The lowest BCUT2D eigenvalue weighted by atomic mass is 10.1. The molecule has 0 aliphatic rings. The third-order valence-electron chi connectivity index (χ3n) is 2.33. The molecule has 2 N–H and O–H groups in total. The van der Waals surface area contributed by atoms with E-state index < -0.39 is 6.10 Å². The Labute approximate surface area is 97.4 Å². The van der Waals surface area contributed by atoms with Crippen LogP contribution in [0.15, 0.2) is 18.2 Å². The smallest absolute Gasteiger partial charge is 0.126 e. The largest absolute Gasteiger partial charge is 0.490 e. The van der Waals surface area contributed by atoms with E-state index >= 15 is 0 Å². The molecule has 0 bridgehead atoms. The molecule has 16 heavy (non-hydrogen) atoms. The second-order valence-electron chi connectivity index (χ2n) is 4.00. The molecule has 1 rings (SSSR count). The van der Waals surface area contributed by atoms with Gasteiger partial charge in [0.15, 0.2) is 0 Å². The molecule has 3 heteroatoms. The Hall–Kier alpha value is -1.06. The minimum Gasteiger partial charge on any atom is -0.490 e. The van der Waals surface area contributed by atoms with Crippen molar-refractivity contribution >= 4 is 0 Å². The van der Waals surface area contributed by atoms with Gasteiger partial charge in [0.05, 0.1) is 6.10 Å². The van der Waals surface area contributed by atoms with Gasteiger partial charge in [0.25, 0.3) is 0 Å². The van der Waals surface area contributed by atoms with Crippen LogP contribution >= 0.6 is 0 Å². The van der Waals surface area contributed by atoms with Crippen molar-refractivity contribution in [3.63, 3.8) is 0 Å². The van der Waals surface area contributed by atoms with E-state index in [0.29, 0.717) is 6.61 Å². The highest BCUT2D eigenvalue weighted by Gasteiger charge is 2.07. The van der Waals surface area contributed by atoms with E-state index in [4.69, 9.17) is 4.74 Å². The van der Waals surface area contributed by atoms with Crippen LogP contribution in [0.1, 0.15) is 25.0 Å². The summed E-state index contributed by atoms with van der Waals surface area (Å²) in [5.74, 6) is 0.893. The van der Waals surface area contributed by atoms with Gasteiger partial charge < -0.3 is 15.2 Å². The molecule has 0 saturated carbocycles. The first-order valence-electron chi connectivity index (χ1n) is 5.75. The van der Waals surface area contributed by atoms with E-state index in [-0.39, 0.29) is 0 Å². The highest BCUT2D eigenvalue weighted by Crippen LogP contribution is 2.23. The zero-order chi connectivity index (χ0) is 12.0. The van der Waals surface area contributed by atoms with Crippen LogP contribution in [0, 0.1) is 6.92 Å².